The van der Waals surface area contributed by atoms with Gasteiger partial charge >= 0.3 is 0 Å². The van der Waals surface area contributed by atoms with Crippen LogP contribution in [0.2, 0.25) is 0 Å². The number of benzene rings is 2. The van der Waals surface area contributed by atoms with E-state index in [-0.39, 0.29) is 5.60 Å². The van der Waals surface area contributed by atoms with Crippen molar-refractivity contribution in [3.8, 4) is 17.2 Å². The molecule has 0 bridgehead atoms. The van der Waals surface area contributed by atoms with Gasteiger partial charge in [0.15, 0.2) is 0 Å². The van der Waals surface area contributed by atoms with Crippen molar-refractivity contribution in [2.45, 2.75) is 138 Å². The molecule has 0 saturated heterocycles. The third kappa shape index (κ3) is 9.19. The lowest BCUT2D eigenvalue weighted by Gasteiger charge is -2.38. The van der Waals surface area contributed by atoms with Crippen LogP contribution < -0.4 is 9.47 Å². The first-order chi connectivity index (χ1) is 18.5. The number of ether oxygens (including phenoxy) is 2. The van der Waals surface area contributed by atoms with Gasteiger partial charge in [0, 0.05) is 11.1 Å². The molecule has 0 saturated carbocycles. The molecule has 1 heterocycles. The van der Waals surface area contributed by atoms with Crippen molar-refractivity contribution >= 4 is 0 Å². The van der Waals surface area contributed by atoms with E-state index in [2.05, 4.69) is 54.5 Å². The molecule has 1 N–H and O–H groups in total. The number of rotatable bonds is 15. The molecule has 0 aliphatic carbocycles. The van der Waals surface area contributed by atoms with Crippen molar-refractivity contribution in [1.82, 2.24) is 0 Å². The number of hydrogen-bond acceptors (Lipinski definition) is 3. The first-order valence-corrected chi connectivity index (χ1v) is 15.7. The van der Waals surface area contributed by atoms with Crippen LogP contribution in [0.5, 0.6) is 17.2 Å². The summed E-state index contributed by atoms with van der Waals surface area (Å²) >= 11 is 0. The Labute approximate surface area is 239 Å². The zero-order valence-electron chi connectivity index (χ0n) is 26.3. The summed E-state index contributed by atoms with van der Waals surface area (Å²) in [6, 6.07) is 8.08. The zero-order valence-corrected chi connectivity index (χ0v) is 26.3. The molecule has 1 aliphatic heterocycles. The van der Waals surface area contributed by atoms with Gasteiger partial charge < -0.3 is 14.6 Å². The molecule has 2 aromatic rings. The Morgan fingerprint density at radius 3 is 2.18 bits per heavy atom. The van der Waals surface area contributed by atoms with Crippen LogP contribution in [0.3, 0.4) is 0 Å². The van der Waals surface area contributed by atoms with Gasteiger partial charge in [-0.15, -0.1) is 0 Å². The maximum Gasteiger partial charge on any atom is 0.127 e. The normalized spacial score (nSPS) is 18.5. The molecule has 0 fully saturated rings. The fraction of sp³-hybridized carbons (Fsp3) is 0.667. The molecule has 0 radical (unpaired) electrons. The fourth-order valence-corrected chi connectivity index (χ4v) is 6.16. The number of fused-ring (bicyclic) bond motifs is 1. The Morgan fingerprint density at radius 1 is 0.897 bits per heavy atom. The van der Waals surface area contributed by atoms with Gasteiger partial charge in [0.1, 0.15) is 29.5 Å². The lowest BCUT2D eigenvalue weighted by molar-refractivity contribution is 0.0507. The van der Waals surface area contributed by atoms with E-state index in [0.29, 0.717) is 12.4 Å². The maximum absolute atomic E-state index is 11.0. The average Bonchev–Trinajstić information content (AvgIpc) is 2.87. The van der Waals surface area contributed by atoms with E-state index < -0.39 is 0 Å². The van der Waals surface area contributed by atoms with Crippen LogP contribution in [0.4, 0.5) is 0 Å². The van der Waals surface area contributed by atoms with Crippen molar-refractivity contribution in [3.05, 3.63) is 52.1 Å². The van der Waals surface area contributed by atoms with E-state index in [1.807, 2.05) is 25.1 Å². The summed E-state index contributed by atoms with van der Waals surface area (Å²) in [6.07, 6.45) is 13.7. The van der Waals surface area contributed by atoms with E-state index >= 15 is 0 Å². The second-order valence-corrected chi connectivity index (χ2v) is 13.4. The number of phenols is 1. The third-order valence-electron chi connectivity index (χ3n) is 9.08. The van der Waals surface area contributed by atoms with Crippen molar-refractivity contribution in [3.63, 3.8) is 0 Å². The van der Waals surface area contributed by atoms with Gasteiger partial charge in [0.2, 0.25) is 0 Å². The van der Waals surface area contributed by atoms with Crippen LogP contribution in [0.1, 0.15) is 127 Å². The standard InChI is InChI=1S/C36H56O3/c1-25(2)13-9-14-26(3)15-10-16-27(4)18-12-21-36(8)22-20-32-33(24-38-31-19-11-17-28(5)23-31)34(37)29(6)30(7)35(32)39-36/h11,17,19,23,25-27,37H,9-10,12-16,18,20-22,24H2,1-8H3/t26-,27-,36-/m1/s1. The SMILES string of the molecule is Cc1cccc(OCc2c(O)c(C)c(C)c3c2CC[C@@](C)(CCC[C@H](C)CCC[C@H](C)CCCC(C)C)O3)c1. The Balaban J connectivity index is 1.52. The summed E-state index contributed by atoms with van der Waals surface area (Å²) in [6.45, 7) is 18.3. The van der Waals surface area contributed by atoms with Crippen molar-refractivity contribution in [1.29, 1.82) is 0 Å². The highest BCUT2D eigenvalue weighted by molar-refractivity contribution is 5.58. The van der Waals surface area contributed by atoms with E-state index in [1.54, 1.807) is 0 Å². The predicted molar refractivity (Wildman–Crippen MR) is 165 cm³/mol. The molecular weight excluding hydrogens is 480 g/mol. The number of aromatic hydroxyl groups is 1. The van der Waals surface area contributed by atoms with Gasteiger partial charge in [0.05, 0.1) is 0 Å². The summed E-state index contributed by atoms with van der Waals surface area (Å²) in [7, 11) is 0. The van der Waals surface area contributed by atoms with Crippen LogP contribution in [0.15, 0.2) is 24.3 Å². The van der Waals surface area contributed by atoms with E-state index in [1.165, 1.54) is 56.9 Å². The van der Waals surface area contributed by atoms with Crippen LogP contribution in [-0.2, 0) is 13.0 Å². The molecule has 218 valence electrons. The van der Waals surface area contributed by atoms with Crippen LogP contribution >= 0.6 is 0 Å². The van der Waals surface area contributed by atoms with Crippen LogP contribution in [-0.4, -0.2) is 10.7 Å². The van der Waals surface area contributed by atoms with Crippen LogP contribution in [0, 0.1) is 38.5 Å². The van der Waals surface area contributed by atoms with Gasteiger partial charge in [-0.05, 0) is 100.0 Å². The first kappa shape index (κ1) is 31.4. The van der Waals surface area contributed by atoms with E-state index in [9.17, 15) is 5.11 Å². The topological polar surface area (TPSA) is 38.7 Å². The Morgan fingerprint density at radius 2 is 1.54 bits per heavy atom. The molecule has 3 rings (SSSR count). The molecule has 3 heteroatoms. The Bertz CT molecular complexity index is 1060. The summed E-state index contributed by atoms with van der Waals surface area (Å²) in [4.78, 5) is 0. The summed E-state index contributed by atoms with van der Waals surface area (Å²) in [5, 5.41) is 11.0. The molecule has 39 heavy (non-hydrogen) atoms. The van der Waals surface area contributed by atoms with Crippen molar-refractivity contribution in [2.75, 3.05) is 0 Å². The summed E-state index contributed by atoms with van der Waals surface area (Å²) in [5.41, 5.74) is 4.97. The highest BCUT2D eigenvalue weighted by Gasteiger charge is 2.35. The summed E-state index contributed by atoms with van der Waals surface area (Å²) in [5.74, 6) is 4.64. The Kier molecular flexibility index (Phi) is 11.6. The molecular formula is C36H56O3. The van der Waals surface area contributed by atoms with Crippen molar-refractivity contribution < 1.29 is 14.6 Å². The number of phenolic OH excluding ortho intramolecular Hbond substituents is 1. The lowest BCUT2D eigenvalue weighted by atomic mass is 9.83. The van der Waals surface area contributed by atoms with Gasteiger partial charge in [-0.25, -0.2) is 0 Å². The van der Waals surface area contributed by atoms with Gasteiger partial charge in [-0.2, -0.15) is 0 Å². The number of aryl methyl sites for hydroxylation is 1. The fourth-order valence-electron chi connectivity index (χ4n) is 6.16. The van der Waals surface area contributed by atoms with Gasteiger partial charge in [-0.1, -0.05) is 84.8 Å². The van der Waals surface area contributed by atoms with Gasteiger partial charge in [0.25, 0.3) is 0 Å². The second kappa shape index (κ2) is 14.5. The van der Waals surface area contributed by atoms with Crippen LogP contribution in [0.25, 0.3) is 0 Å². The molecule has 0 spiro atoms. The molecule has 2 aromatic carbocycles. The monoisotopic (exact) mass is 536 g/mol. The van der Waals surface area contributed by atoms with E-state index in [0.717, 1.165) is 70.8 Å². The first-order valence-electron chi connectivity index (χ1n) is 15.7. The summed E-state index contributed by atoms with van der Waals surface area (Å²) < 4.78 is 12.9. The molecule has 0 aromatic heterocycles. The highest BCUT2D eigenvalue weighted by Crippen LogP contribution is 2.45. The van der Waals surface area contributed by atoms with Gasteiger partial charge in [-0.3, -0.25) is 0 Å². The molecule has 1 aliphatic rings. The maximum atomic E-state index is 11.0. The van der Waals surface area contributed by atoms with Crippen molar-refractivity contribution in [2.24, 2.45) is 17.8 Å². The second-order valence-electron chi connectivity index (χ2n) is 13.4. The molecule has 3 nitrogen and oxygen atoms in total. The quantitative estimate of drug-likeness (QED) is 0.246. The predicted octanol–water partition coefficient (Wildman–Crippen LogP) is 10.4. The highest BCUT2D eigenvalue weighted by atomic mass is 16.5. The molecule has 0 unspecified atom stereocenters. The molecule has 3 atom stereocenters. The third-order valence-corrected chi connectivity index (χ3v) is 9.08. The lowest BCUT2D eigenvalue weighted by Crippen LogP contribution is -2.37. The average molecular weight is 537 g/mol. The smallest absolute Gasteiger partial charge is 0.127 e. The largest absolute Gasteiger partial charge is 0.507 e. The molecule has 0 amide bonds. The zero-order chi connectivity index (χ0) is 28.6. The van der Waals surface area contributed by atoms with E-state index in [4.69, 9.17) is 9.47 Å². The Hall–Kier alpha value is -2.16. The minimum Gasteiger partial charge on any atom is -0.507 e. The minimum absolute atomic E-state index is 0.152. The number of hydrogen-bond donors (Lipinski definition) is 1. The minimum atomic E-state index is -0.152.